The zero-order valence-electron chi connectivity index (χ0n) is 10.7. The molecule has 0 amide bonds. The average Bonchev–Trinajstić information content (AvgIpc) is 2.31. The van der Waals surface area contributed by atoms with Gasteiger partial charge in [-0.25, -0.2) is 4.39 Å². The fourth-order valence-corrected chi connectivity index (χ4v) is 2.03. The van der Waals surface area contributed by atoms with Gasteiger partial charge in [-0.15, -0.1) is 0 Å². The van der Waals surface area contributed by atoms with Gasteiger partial charge < -0.3 is 0 Å². The normalized spacial score (nSPS) is 16.3. The largest absolute Gasteiger partial charge is 0.300 e. The van der Waals surface area contributed by atoms with Crippen molar-refractivity contribution >= 4 is 5.78 Å². The van der Waals surface area contributed by atoms with E-state index in [0.29, 0.717) is 24.5 Å². The zero-order chi connectivity index (χ0) is 12.7. The van der Waals surface area contributed by atoms with Gasteiger partial charge in [0.05, 0.1) is 0 Å². The lowest BCUT2D eigenvalue weighted by molar-refractivity contribution is -0.120. The van der Waals surface area contributed by atoms with Gasteiger partial charge in [-0.2, -0.15) is 0 Å². The molecule has 0 unspecified atom stereocenters. The number of carbonyl (C=O) groups excluding carboxylic acids is 1. The number of rotatable bonds is 1. The van der Waals surface area contributed by atoms with Crippen LogP contribution in [0.1, 0.15) is 57.4 Å². The summed E-state index contributed by atoms with van der Waals surface area (Å²) in [6, 6.07) is 6.72. The Morgan fingerprint density at radius 1 is 1.24 bits per heavy atom. The molecule has 0 aromatic heterocycles. The SMILES string of the molecule is CCC.O=C1CCC(c2cccc(F)c2)CC1. The molecule has 1 fully saturated rings. The molecule has 0 aliphatic heterocycles. The molecule has 1 nitrogen and oxygen atoms in total. The number of benzene rings is 1. The highest BCUT2D eigenvalue weighted by molar-refractivity contribution is 5.79. The van der Waals surface area contributed by atoms with E-state index < -0.39 is 0 Å². The van der Waals surface area contributed by atoms with E-state index in [4.69, 9.17) is 0 Å². The van der Waals surface area contributed by atoms with Crippen LogP contribution in [-0.2, 0) is 4.79 Å². The molecule has 1 aliphatic carbocycles. The smallest absolute Gasteiger partial charge is 0.132 e. The van der Waals surface area contributed by atoms with Gasteiger partial charge in [0.2, 0.25) is 0 Å². The van der Waals surface area contributed by atoms with Gasteiger partial charge in [0, 0.05) is 12.8 Å². The maximum atomic E-state index is 12.9. The second kappa shape index (κ2) is 7.21. The van der Waals surface area contributed by atoms with Gasteiger partial charge in [0.1, 0.15) is 11.6 Å². The van der Waals surface area contributed by atoms with E-state index in [2.05, 4.69) is 13.8 Å². The van der Waals surface area contributed by atoms with Crippen molar-refractivity contribution in [2.75, 3.05) is 0 Å². The molecule has 1 aromatic carbocycles. The average molecular weight is 236 g/mol. The Balaban J connectivity index is 0.000000437. The maximum Gasteiger partial charge on any atom is 0.132 e. The monoisotopic (exact) mass is 236 g/mol. The minimum Gasteiger partial charge on any atom is -0.300 e. The fraction of sp³-hybridized carbons (Fsp3) is 0.533. The van der Waals surface area contributed by atoms with E-state index in [1.807, 2.05) is 6.07 Å². The molecule has 0 heterocycles. The molecule has 0 atom stereocenters. The highest BCUT2D eigenvalue weighted by atomic mass is 19.1. The topological polar surface area (TPSA) is 17.1 Å². The first-order valence-corrected chi connectivity index (χ1v) is 6.44. The Bertz CT molecular complexity index is 350. The van der Waals surface area contributed by atoms with Crippen LogP contribution in [0.15, 0.2) is 24.3 Å². The molecule has 2 heteroatoms. The molecule has 0 spiro atoms. The van der Waals surface area contributed by atoms with Crippen molar-refractivity contribution in [2.45, 2.75) is 51.9 Å². The summed E-state index contributed by atoms with van der Waals surface area (Å²) in [6.07, 6.45) is 4.31. The summed E-state index contributed by atoms with van der Waals surface area (Å²) in [6.45, 7) is 4.25. The van der Waals surface area contributed by atoms with Crippen LogP contribution in [-0.4, -0.2) is 5.78 Å². The van der Waals surface area contributed by atoms with Crippen LogP contribution >= 0.6 is 0 Å². The lowest BCUT2D eigenvalue weighted by Crippen LogP contribution is -2.12. The van der Waals surface area contributed by atoms with E-state index in [0.717, 1.165) is 18.4 Å². The Morgan fingerprint density at radius 2 is 1.82 bits per heavy atom. The maximum absolute atomic E-state index is 12.9. The molecular formula is C15H21FO. The summed E-state index contributed by atoms with van der Waals surface area (Å²) in [5.41, 5.74) is 1.04. The number of hydrogen-bond donors (Lipinski definition) is 0. The Hall–Kier alpha value is -1.18. The highest BCUT2D eigenvalue weighted by Crippen LogP contribution is 2.31. The van der Waals surface area contributed by atoms with Gasteiger partial charge >= 0.3 is 0 Å². The molecule has 1 aliphatic rings. The van der Waals surface area contributed by atoms with Crippen LogP contribution in [0.5, 0.6) is 0 Å². The molecule has 1 saturated carbocycles. The van der Waals surface area contributed by atoms with E-state index >= 15 is 0 Å². The zero-order valence-corrected chi connectivity index (χ0v) is 10.7. The first-order valence-electron chi connectivity index (χ1n) is 6.44. The predicted octanol–water partition coefficient (Wildman–Crippen LogP) is 4.47. The van der Waals surface area contributed by atoms with Gasteiger partial charge in [0.15, 0.2) is 0 Å². The van der Waals surface area contributed by atoms with Crippen molar-refractivity contribution in [2.24, 2.45) is 0 Å². The van der Waals surface area contributed by atoms with E-state index in [1.54, 1.807) is 12.1 Å². The summed E-state index contributed by atoms with van der Waals surface area (Å²) in [7, 11) is 0. The Kier molecular flexibility index (Phi) is 5.88. The summed E-state index contributed by atoms with van der Waals surface area (Å²) >= 11 is 0. The third kappa shape index (κ3) is 4.68. The molecule has 94 valence electrons. The number of halogens is 1. The van der Waals surface area contributed by atoms with Crippen LogP contribution in [0.3, 0.4) is 0 Å². The molecule has 0 N–H and O–H groups in total. The number of ketones is 1. The van der Waals surface area contributed by atoms with Crippen molar-refractivity contribution in [1.82, 2.24) is 0 Å². The summed E-state index contributed by atoms with van der Waals surface area (Å²) in [5, 5.41) is 0. The van der Waals surface area contributed by atoms with Crippen molar-refractivity contribution in [3.05, 3.63) is 35.6 Å². The van der Waals surface area contributed by atoms with Gasteiger partial charge in [0.25, 0.3) is 0 Å². The van der Waals surface area contributed by atoms with Crippen LogP contribution in [0, 0.1) is 5.82 Å². The minimum absolute atomic E-state index is 0.181. The third-order valence-electron chi connectivity index (χ3n) is 2.86. The third-order valence-corrected chi connectivity index (χ3v) is 2.86. The van der Waals surface area contributed by atoms with Gasteiger partial charge in [-0.1, -0.05) is 32.4 Å². The fourth-order valence-electron chi connectivity index (χ4n) is 2.03. The Morgan fingerprint density at radius 3 is 2.35 bits per heavy atom. The molecule has 0 bridgehead atoms. The van der Waals surface area contributed by atoms with Gasteiger partial charge in [-0.05, 0) is 36.5 Å². The molecule has 2 rings (SSSR count). The highest BCUT2D eigenvalue weighted by Gasteiger charge is 2.20. The van der Waals surface area contributed by atoms with Crippen molar-refractivity contribution in [3.63, 3.8) is 0 Å². The summed E-state index contributed by atoms with van der Waals surface area (Å²) in [5.74, 6) is 0.542. The standard InChI is InChI=1S/C12H13FO.C3H8/c13-11-3-1-2-10(8-11)9-4-6-12(14)7-5-9;1-3-2/h1-3,8-9H,4-7H2;3H2,1-2H3. The van der Waals surface area contributed by atoms with E-state index in [9.17, 15) is 9.18 Å². The summed E-state index contributed by atoms with van der Waals surface area (Å²) < 4.78 is 12.9. The van der Waals surface area contributed by atoms with Crippen LogP contribution in [0.4, 0.5) is 4.39 Å². The predicted molar refractivity (Wildman–Crippen MR) is 68.6 cm³/mol. The number of carbonyl (C=O) groups is 1. The van der Waals surface area contributed by atoms with E-state index in [-0.39, 0.29) is 5.82 Å². The molecule has 0 radical (unpaired) electrons. The van der Waals surface area contributed by atoms with E-state index in [1.165, 1.54) is 12.5 Å². The van der Waals surface area contributed by atoms with Crippen molar-refractivity contribution < 1.29 is 9.18 Å². The number of Topliss-reactive ketones (excluding diaryl/α,β-unsaturated/α-hetero) is 1. The second-order valence-electron chi connectivity index (χ2n) is 4.58. The van der Waals surface area contributed by atoms with Crippen LogP contribution < -0.4 is 0 Å². The van der Waals surface area contributed by atoms with Gasteiger partial charge in [-0.3, -0.25) is 4.79 Å². The molecular weight excluding hydrogens is 215 g/mol. The second-order valence-corrected chi connectivity index (χ2v) is 4.58. The molecule has 0 saturated heterocycles. The van der Waals surface area contributed by atoms with Crippen molar-refractivity contribution in [1.29, 1.82) is 0 Å². The lowest BCUT2D eigenvalue weighted by atomic mass is 9.83. The molecule has 1 aromatic rings. The minimum atomic E-state index is -0.181. The quantitative estimate of drug-likeness (QED) is 0.703. The number of hydrogen-bond acceptors (Lipinski definition) is 1. The van der Waals surface area contributed by atoms with Crippen LogP contribution in [0.25, 0.3) is 0 Å². The molecule has 17 heavy (non-hydrogen) atoms. The van der Waals surface area contributed by atoms with Crippen molar-refractivity contribution in [3.8, 4) is 0 Å². The first-order chi connectivity index (χ1) is 8.17. The van der Waals surface area contributed by atoms with Crippen LogP contribution in [0.2, 0.25) is 0 Å². The Labute approximate surface area is 103 Å². The summed E-state index contributed by atoms with van der Waals surface area (Å²) in [4.78, 5) is 11.0. The first kappa shape index (κ1) is 13.9. The lowest BCUT2D eigenvalue weighted by Gasteiger charge is -2.21.